The number of hydrogen-bond donors (Lipinski definition) is 1. The van der Waals surface area contributed by atoms with E-state index in [0.717, 1.165) is 18.7 Å². The summed E-state index contributed by atoms with van der Waals surface area (Å²) in [7, 11) is 3.22. The third kappa shape index (κ3) is 5.43. The molecule has 2 aromatic rings. The van der Waals surface area contributed by atoms with Gasteiger partial charge in [-0.15, -0.1) is 0 Å². The fraction of sp³-hybridized carbons (Fsp3) is 0.435. The molecule has 30 heavy (non-hydrogen) atoms. The van der Waals surface area contributed by atoms with Crippen molar-refractivity contribution in [1.29, 1.82) is 0 Å². The van der Waals surface area contributed by atoms with Crippen molar-refractivity contribution in [3.63, 3.8) is 0 Å². The maximum absolute atomic E-state index is 12.7. The molecule has 1 amide bonds. The number of rotatable bonds is 9. The summed E-state index contributed by atoms with van der Waals surface area (Å²) in [6.45, 7) is 5.93. The van der Waals surface area contributed by atoms with Crippen molar-refractivity contribution in [2.24, 2.45) is 0 Å². The van der Waals surface area contributed by atoms with E-state index in [4.69, 9.17) is 18.9 Å². The number of ether oxygens (including phenoxy) is 4. The molecule has 0 spiro atoms. The van der Waals surface area contributed by atoms with E-state index in [1.54, 1.807) is 26.4 Å². The van der Waals surface area contributed by atoms with Gasteiger partial charge in [0.15, 0.2) is 11.5 Å². The topological polar surface area (TPSA) is 69.3 Å². The molecular weight excluding hydrogens is 384 g/mol. The molecule has 1 fully saturated rings. The lowest BCUT2D eigenvalue weighted by atomic mass is 10.0. The fourth-order valence-electron chi connectivity index (χ4n) is 3.57. The average molecular weight is 415 g/mol. The van der Waals surface area contributed by atoms with Crippen LogP contribution in [-0.2, 0) is 4.74 Å². The van der Waals surface area contributed by atoms with Crippen molar-refractivity contribution in [2.75, 3.05) is 53.7 Å². The molecule has 0 saturated carbocycles. The van der Waals surface area contributed by atoms with Crippen LogP contribution in [0.15, 0.2) is 42.5 Å². The largest absolute Gasteiger partial charge is 0.497 e. The summed E-state index contributed by atoms with van der Waals surface area (Å²) in [5.74, 6) is 1.92. The summed E-state index contributed by atoms with van der Waals surface area (Å²) < 4.78 is 21.9. The third-order valence-corrected chi connectivity index (χ3v) is 5.15. The van der Waals surface area contributed by atoms with E-state index < -0.39 is 0 Å². The minimum absolute atomic E-state index is 0.00645. The van der Waals surface area contributed by atoms with Crippen LogP contribution in [0.25, 0.3) is 0 Å². The quantitative estimate of drug-likeness (QED) is 0.681. The van der Waals surface area contributed by atoms with Crippen LogP contribution in [0.2, 0.25) is 0 Å². The number of carbonyl (C=O) groups excluding carboxylic acids is 1. The Kier molecular flexibility index (Phi) is 7.93. The molecule has 1 N–H and O–H groups in total. The van der Waals surface area contributed by atoms with Crippen LogP contribution in [0, 0.1) is 0 Å². The Bertz CT molecular complexity index is 836. The second-order valence-corrected chi connectivity index (χ2v) is 6.95. The lowest BCUT2D eigenvalue weighted by Crippen LogP contribution is -2.43. The van der Waals surface area contributed by atoms with Crippen molar-refractivity contribution < 1.29 is 23.7 Å². The van der Waals surface area contributed by atoms with Gasteiger partial charge in [-0.3, -0.25) is 9.69 Å². The monoisotopic (exact) mass is 414 g/mol. The molecule has 1 saturated heterocycles. The van der Waals surface area contributed by atoms with Crippen LogP contribution in [0.4, 0.5) is 0 Å². The normalized spacial score (nSPS) is 15.3. The van der Waals surface area contributed by atoms with Crippen LogP contribution in [0.1, 0.15) is 28.9 Å². The highest BCUT2D eigenvalue weighted by Gasteiger charge is 2.24. The molecule has 7 nitrogen and oxygen atoms in total. The molecule has 1 aliphatic heterocycles. The molecule has 1 aliphatic rings. The smallest absolute Gasteiger partial charge is 0.251 e. The minimum atomic E-state index is -0.134. The van der Waals surface area contributed by atoms with Gasteiger partial charge in [0.1, 0.15) is 5.75 Å². The van der Waals surface area contributed by atoms with E-state index in [9.17, 15) is 4.79 Å². The van der Waals surface area contributed by atoms with Crippen molar-refractivity contribution in [3.05, 3.63) is 53.6 Å². The Labute approximate surface area is 177 Å². The lowest BCUT2D eigenvalue weighted by molar-refractivity contribution is 0.0162. The molecule has 7 heteroatoms. The van der Waals surface area contributed by atoms with Gasteiger partial charge in [0.25, 0.3) is 5.91 Å². The SMILES string of the molecule is CCOc1ccc([C@@H](CNC(=O)c2cccc(OC)c2)N2CCOCC2)cc1OC. The first-order chi connectivity index (χ1) is 14.7. The number of nitrogens with zero attached hydrogens (tertiary/aromatic N) is 1. The van der Waals surface area contributed by atoms with Gasteiger partial charge in [-0.25, -0.2) is 0 Å². The molecule has 0 unspecified atom stereocenters. The Morgan fingerprint density at radius 1 is 1.10 bits per heavy atom. The second kappa shape index (κ2) is 10.8. The van der Waals surface area contributed by atoms with E-state index in [0.29, 0.717) is 49.2 Å². The van der Waals surface area contributed by atoms with Gasteiger partial charge in [-0.2, -0.15) is 0 Å². The predicted molar refractivity (Wildman–Crippen MR) is 115 cm³/mol. The molecule has 1 atom stereocenters. The highest BCUT2D eigenvalue weighted by Crippen LogP contribution is 2.32. The molecule has 162 valence electrons. The van der Waals surface area contributed by atoms with Gasteiger partial charge in [0.2, 0.25) is 0 Å². The maximum atomic E-state index is 12.7. The number of amides is 1. The van der Waals surface area contributed by atoms with E-state index in [1.165, 1.54) is 0 Å². The zero-order chi connectivity index (χ0) is 21.3. The summed E-state index contributed by atoms with van der Waals surface area (Å²) in [6.07, 6.45) is 0. The van der Waals surface area contributed by atoms with Gasteiger partial charge in [0.05, 0.1) is 40.1 Å². The van der Waals surface area contributed by atoms with Crippen molar-refractivity contribution in [2.45, 2.75) is 13.0 Å². The third-order valence-electron chi connectivity index (χ3n) is 5.15. The van der Waals surface area contributed by atoms with Crippen LogP contribution in [0.5, 0.6) is 17.2 Å². The molecule has 0 aliphatic carbocycles. The second-order valence-electron chi connectivity index (χ2n) is 6.95. The van der Waals surface area contributed by atoms with E-state index in [1.807, 2.05) is 37.3 Å². The molecule has 3 rings (SSSR count). The summed E-state index contributed by atoms with van der Waals surface area (Å²) >= 11 is 0. The maximum Gasteiger partial charge on any atom is 0.251 e. The number of nitrogens with one attached hydrogen (secondary N) is 1. The van der Waals surface area contributed by atoms with Crippen molar-refractivity contribution >= 4 is 5.91 Å². The number of benzene rings is 2. The Morgan fingerprint density at radius 3 is 2.60 bits per heavy atom. The van der Waals surface area contributed by atoms with Gasteiger partial charge < -0.3 is 24.3 Å². The standard InChI is InChI=1S/C23H30N2O5/c1-4-30-21-9-8-17(15-22(21)28-3)20(25-10-12-29-13-11-25)16-24-23(26)18-6-5-7-19(14-18)27-2/h5-9,14-15,20H,4,10-13,16H2,1-3H3,(H,24,26)/t20-/m1/s1. The van der Waals surface area contributed by atoms with E-state index >= 15 is 0 Å². The first kappa shape index (κ1) is 21.9. The first-order valence-corrected chi connectivity index (χ1v) is 10.2. The highest BCUT2D eigenvalue weighted by molar-refractivity contribution is 5.94. The average Bonchev–Trinajstić information content (AvgIpc) is 2.80. The van der Waals surface area contributed by atoms with Gasteiger partial charge in [-0.1, -0.05) is 12.1 Å². The highest BCUT2D eigenvalue weighted by atomic mass is 16.5. The Balaban J connectivity index is 1.79. The van der Waals surface area contributed by atoms with E-state index in [2.05, 4.69) is 10.2 Å². The molecular formula is C23H30N2O5. The first-order valence-electron chi connectivity index (χ1n) is 10.2. The molecule has 2 aromatic carbocycles. The number of methoxy groups -OCH3 is 2. The number of carbonyl (C=O) groups is 1. The molecule has 0 aromatic heterocycles. The van der Waals surface area contributed by atoms with Crippen LogP contribution >= 0.6 is 0 Å². The summed E-state index contributed by atoms with van der Waals surface area (Å²) in [5, 5.41) is 3.07. The van der Waals surface area contributed by atoms with Gasteiger partial charge >= 0.3 is 0 Å². The van der Waals surface area contributed by atoms with Crippen LogP contribution < -0.4 is 19.5 Å². The Morgan fingerprint density at radius 2 is 1.90 bits per heavy atom. The predicted octanol–water partition coefficient (Wildman–Crippen LogP) is 2.91. The zero-order valence-electron chi connectivity index (χ0n) is 17.8. The number of morpholine rings is 1. The zero-order valence-corrected chi connectivity index (χ0v) is 17.8. The lowest BCUT2D eigenvalue weighted by Gasteiger charge is -2.35. The van der Waals surface area contributed by atoms with Crippen LogP contribution in [0.3, 0.4) is 0 Å². The molecule has 0 radical (unpaired) electrons. The van der Waals surface area contributed by atoms with Crippen molar-refractivity contribution in [1.82, 2.24) is 10.2 Å². The Hall–Kier alpha value is -2.77. The summed E-state index contributed by atoms with van der Waals surface area (Å²) in [5.41, 5.74) is 1.63. The molecule has 0 bridgehead atoms. The fourth-order valence-corrected chi connectivity index (χ4v) is 3.57. The minimum Gasteiger partial charge on any atom is -0.497 e. The summed E-state index contributed by atoms with van der Waals surface area (Å²) in [4.78, 5) is 15.1. The number of hydrogen-bond acceptors (Lipinski definition) is 6. The van der Waals surface area contributed by atoms with E-state index in [-0.39, 0.29) is 11.9 Å². The van der Waals surface area contributed by atoms with Crippen LogP contribution in [-0.4, -0.2) is 64.5 Å². The van der Waals surface area contributed by atoms with Gasteiger partial charge in [-0.05, 0) is 42.8 Å². The summed E-state index contributed by atoms with van der Waals surface area (Å²) in [6, 6.07) is 13.1. The van der Waals surface area contributed by atoms with Gasteiger partial charge in [0, 0.05) is 25.2 Å². The van der Waals surface area contributed by atoms with Crippen molar-refractivity contribution in [3.8, 4) is 17.2 Å². The molecule has 1 heterocycles.